The minimum absolute atomic E-state index is 0.128. The number of rotatable bonds is 2. The Kier molecular flexibility index (Phi) is 3.77. The number of allylic oxidation sites excluding steroid dienone is 1. The van der Waals surface area contributed by atoms with Crippen LogP contribution in [0.15, 0.2) is 133 Å². The summed E-state index contributed by atoms with van der Waals surface area (Å²) < 4.78 is 44.6. The van der Waals surface area contributed by atoms with Gasteiger partial charge in [0, 0.05) is 49.1 Å². The van der Waals surface area contributed by atoms with Gasteiger partial charge < -0.3 is 9.80 Å². The van der Waals surface area contributed by atoms with Gasteiger partial charge in [0.05, 0.1) is 6.85 Å². The van der Waals surface area contributed by atoms with Crippen molar-refractivity contribution >= 4 is 73.0 Å². The van der Waals surface area contributed by atoms with Gasteiger partial charge in [-0.05, 0) is 89.7 Å². The van der Waals surface area contributed by atoms with Crippen molar-refractivity contribution in [3.05, 3.63) is 143 Å². The molecule has 0 saturated heterocycles. The van der Waals surface area contributed by atoms with Crippen LogP contribution in [0.1, 0.15) is 31.1 Å². The zero-order valence-electron chi connectivity index (χ0n) is 27.6. The van der Waals surface area contributed by atoms with Gasteiger partial charge in [-0.15, -0.1) is 11.3 Å². The molecule has 41 heavy (non-hydrogen) atoms. The van der Waals surface area contributed by atoms with E-state index in [-0.39, 0.29) is 42.0 Å². The molecule has 6 aromatic rings. The minimum atomic E-state index is -0.396. The fraction of sp³-hybridized carbons (Fsp3) is 0.0811. The van der Waals surface area contributed by atoms with Crippen molar-refractivity contribution in [1.82, 2.24) is 0 Å². The normalized spacial score (nSPS) is 17.7. The first kappa shape index (κ1) is 18.7. The molecule has 0 fully saturated rings. The van der Waals surface area contributed by atoms with Crippen LogP contribution in [-0.4, -0.2) is 6.71 Å². The van der Waals surface area contributed by atoms with Gasteiger partial charge in [0.25, 0.3) is 6.71 Å². The van der Waals surface area contributed by atoms with Gasteiger partial charge in [-0.1, -0.05) is 78.8 Å². The van der Waals surface area contributed by atoms with Crippen LogP contribution in [0.25, 0.3) is 15.6 Å². The Bertz CT molecular complexity index is 2300. The molecule has 4 heteroatoms. The molecule has 0 atom stereocenters. The number of hydrogen-bond acceptors (Lipinski definition) is 3. The molecule has 0 saturated carbocycles. The molecule has 0 unspecified atom stereocenters. The highest BCUT2D eigenvalue weighted by atomic mass is 32.1. The van der Waals surface area contributed by atoms with Crippen molar-refractivity contribution in [3.63, 3.8) is 0 Å². The molecule has 3 heterocycles. The first-order valence-corrected chi connectivity index (χ1v) is 14.7. The Morgan fingerprint density at radius 1 is 0.683 bits per heavy atom. The van der Waals surface area contributed by atoms with E-state index in [9.17, 15) is 0 Å². The molecule has 0 amide bonds. The molecular formula is C37H27BN2S. The summed E-state index contributed by atoms with van der Waals surface area (Å²) in [6.45, 7) is 4.54. The Morgan fingerprint density at radius 3 is 2.20 bits per heavy atom. The quantitative estimate of drug-likeness (QED) is 0.200. The lowest BCUT2D eigenvalue weighted by atomic mass is 9.32. The zero-order chi connectivity index (χ0) is 31.6. The molecule has 194 valence electrons. The van der Waals surface area contributed by atoms with E-state index in [1.165, 1.54) is 31.7 Å². The predicted molar refractivity (Wildman–Crippen MR) is 176 cm³/mol. The van der Waals surface area contributed by atoms with E-state index in [4.69, 9.17) is 6.85 Å². The van der Waals surface area contributed by atoms with E-state index < -0.39 is 6.04 Å². The number of para-hydroxylation sites is 3. The molecule has 9 rings (SSSR count). The lowest BCUT2D eigenvalue weighted by Gasteiger charge is -2.46. The number of hydrogen-bond donors (Lipinski definition) is 0. The molecule has 0 spiro atoms. The average Bonchev–Trinajstić information content (AvgIpc) is 3.57. The lowest BCUT2D eigenvalue weighted by molar-refractivity contribution is 0.639. The van der Waals surface area contributed by atoms with Gasteiger partial charge in [0.15, 0.2) is 0 Å². The fourth-order valence-corrected chi connectivity index (χ4v) is 8.63. The molecule has 0 radical (unpaired) electrons. The predicted octanol–water partition coefficient (Wildman–Crippen LogP) is 8.69. The Hall–Kier alpha value is -4.54. The van der Waals surface area contributed by atoms with Crippen molar-refractivity contribution in [3.8, 4) is 0 Å². The highest BCUT2D eigenvalue weighted by Gasteiger charge is 2.53. The van der Waals surface area contributed by atoms with Crippen LogP contribution >= 0.6 is 11.3 Å². The summed E-state index contributed by atoms with van der Waals surface area (Å²) in [5.41, 5.74) is 9.53. The summed E-state index contributed by atoms with van der Waals surface area (Å²) in [4.78, 5) is 5.64. The minimum Gasteiger partial charge on any atom is -0.314 e. The van der Waals surface area contributed by atoms with E-state index in [1.807, 2.05) is 52.6 Å². The van der Waals surface area contributed by atoms with Crippen molar-refractivity contribution in [2.75, 3.05) is 9.80 Å². The number of fused-ring (bicyclic) bond motifs is 7. The summed E-state index contributed by atoms with van der Waals surface area (Å²) in [7, 11) is 0. The summed E-state index contributed by atoms with van der Waals surface area (Å²) >= 11 is 1.87. The maximum absolute atomic E-state index is 8.99. The van der Waals surface area contributed by atoms with Crippen LogP contribution in [0, 0.1) is 0 Å². The van der Waals surface area contributed by atoms with E-state index in [0.717, 1.165) is 33.7 Å². The Morgan fingerprint density at radius 2 is 1.37 bits per heavy atom. The highest BCUT2D eigenvalue weighted by Crippen LogP contribution is 2.59. The van der Waals surface area contributed by atoms with Crippen LogP contribution in [0.2, 0.25) is 0 Å². The van der Waals surface area contributed by atoms with E-state index in [2.05, 4.69) is 79.4 Å². The third kappa shape index (κ3) is 2.98. The summed E-state index contributed by atoms with van der Waals surface area (Å²) in [5.74, 6) is 0. The molecule has 2 aliphatic heterocycles. The zero-order valence-corrected chi connectivity index (χ0v) is 23.4. The molecule has 0 N–H and O–H groups in total. The maximum Gasteiger partial charge on any atom is 0.252 e. The lowest BCUT2D eigenvalue weighted by Crippen LogP contribution is -2.55. The third-order valence-corrected chi connectivity index (χ3v) is 10.3. The average molecular weight is 548 g/mol. The molecule has 2 nitrogen and oxygen atoms in total. The van der Waals surface area contributed by atoms with Crippen molar-refractivity contribution < 1.29 is 6.85 Å². The number of anilines is 5. The van der Waals surface area contributed by atoms with Crippen LogP contribution in [0.4, 0.5) is 28.4 Å². The monoisotopic (exact) mass is 547 g/mol. The summed E-state index contributed by atoms with van der Waals surface area (Å²) in [5, 5.41) is 1.25. The number of thiophene rings is 1. The topological polar surface area (TPSA) is 6.48 Å². The van der Waals surface area contributed by atoms with Crippen LogP contribution in [0.5, 0.6) is 0 Å². The molecule has 1 aliphatic carbocycles. The highest BCUT2D eigenvalue weighted by molar-refractivity contribution is 7.20. The standard InChI is InChI=1S/C37H27BN2S/c1-37(2)35-34(32-26-18-9-12-23-31(26)41-36(32)37)38-27-19-10-11-20-28(27)39(24-14-5-3-6-15-24)29-21-13-22-30(33(29)38)40(35)25-16-7-4-8-17-25/h3-23H,1-2H3/i3D,5D,6D,14D,15D. The molecule has 3 aliphatic rings. The first-order valence-electron chi connectivity index (χ1n) is 16.4. The van der Waals surface area contributed by atoms with Gasteiger partial charge in [-0.25, -0.2) is 0 Å². The molecule has 5 aromatic carbocycles. The van der Waals surface area contributed by atoms with Gasteiger partial charge in [-0.2, -0.15) is 0 Å². The molecule has 0 bridgehead atoms. The number of nitrogens with zero attached hydrogens (tertiary/aromatic N) is 2. The van der Waals surface area contributed by atoms with Crippen LogP contribution in [0.3, 0.4) is 0 Å². The van der Waals surface area contributed by atoms with E-state index in [0.29, 0.717) is 0 Å². The Balaban J connectivity index is 1.44. The van der Waals surface area contributed by atoms with Crippen LogP contribution in [-0.2, 0) is 5.41 Å². The van der Waals surface area contributed by atoms with Gasteiger partial charge in [0.2, 0.25) is 0 Å². The van der Waals surface area contributed by atoms with Crippen LogP contribution < -0.4 is 20.7 Å². The Labute approximate surface area is 251 Å². The summed E-state index contributed by atoms with van der Waals surface area (Å²) in [6, 6.07) is 32.0. The van der Waals surface area contributed by atoms with Gasteiger partial charge >= 0.3 is 0 Å². The van der Waals surface area contributed by atoms with Gasteiger partial charge in [0.1, 0.15) is 0 Å². The second kappa shape index (κ2) is 8.25. The fourth-order valence-electron chi connectivity index (χ4n) is 7.31. The van der Waals surface area contributed by atoms with Crippen molar-refractivity contribution in [2.24, 2.45) is 0 Å². The smallest absolute Gasteiger partial charge is 0.252 e. The largest absolute Gasteiger partial charge is 0.314 e. The second-order valence-electron chi connectivity index (χ2n) is 11.4. The third-order valence-electron chi connectivity index (χ3n) is 8.84. The molecular weight excluding hydrogens is 515 g/mol. The maximum atomic E-state index is 8.99. The second-order valence-corrected chi connectivity index (χ2v) is 12.4. The van der Waals surface area contributed by atoms with Crippen molar-refractivity contribution in [2.45, 2.75) is 19.3 Å². The van der Waals surface area contributed by atoms with Crippen molar-refractivity contribution in [1.29, 1.82) is 0 Å². The van der Waals surface area contributed by atoms with E-state index in [1.54, 1.807) is 0 Å². The molecule has 1 aromatic heterocycles. The van der Waals surface area contributed by atoms with Gasteiger partial charge in [-0.3, -0.25) is 0 Å². The number of benzene rings is 5. The summed E-state index contributed by atoms with van der Waals surface area (Å²) in [6.07, 6.45) is 0. The first-order chi connectivity index (χ1) is 22.2. The SMILES string of the molecule is [2H]c1c([2H])c([2H])c(N2c3ccccc3B3C4=C(N(c5ccccc5)c5cccc2c53)C(C)(C)c2sc3ccccc3c24)c([2H])c1[2H]. The van der Waals surface area contributed by atoms with E-state index >= 15 is 0 Å².